The van der Waals surface area contributed by atoms with Crippen molar-refractivity contribution in [3.05, 3.63) is 60.2 Å². The molecule has 0 bridgehead atoms. The third kappa shape index (κ3) is 4.58. The summed E-state index contributed by atoms with van der Waals surface area (Å²) in [4.78, 5) is 6.36. The normalized spacial score (nSPS) is 10.9. The highest BCUT2D eigenvalue weighted by Crippen LogP contribution is 2.20. The summed E-state index contributed by atoms with van der Waals surface area (Å²) in [6.07, 6.45) is 0. The maximum atomic E-state index is 13.5. The van der Waals surface area contributed by atoms with E-state index >= 15 is 0 Å². The van der Waals surface area contributed by atoms with Crippen molar-refractivity contribution in [1.82, 2.24) is 15.0 Å². The van der Waals surface area contributed by atoms with Gasteiger partial charge >= 0.3 is 0 Å². The molecule has 0 aliphatic heterocycles. The SMILES string of the molecule is COc1ccc(-c2noc(CN(C)CCOc3ccccc3F)n2)cc1. The highest BCUT2D eigenvalue weighted by atomic mass is 19.1. The van der Waals surface area contributed by atoms with E-state index in [1.165, 1.54) is 6.07 Å². The van der Waals surface area contributed by atoms with Crippen molar-refractivity contribution in [2.24, 2.45) is 0 Å². The minimum Gasteiger partial charge on any atom is -0.497 e. The fourth-order valence-corrected chi connectivity index (χ4v) is 2.36. The molecule has 0 saturated carbocycles. The van der Waals surface area contributed by atoms with E-state index in [1.54, 1.807) is 25.3 Å². The summed E-state index contributed by atoms with van der Waals surface area (Å²) in [6.45, 7) is 1.43. The molecule has 0 saturated heterocycles. The first-order valence-corrected chi connectivity index (χ1v) is 8.18. The summed E-state index contributed by atoms with van der Waals surface area (Å²) in [7, 11) is 3.52. The molecule has 3 aromatic rings. The summed E-state index contributed by atoms with van der Waals surface area (Å²) in [6, 6.07) is 13.8. The minimum absolute atomic E-state index is 0.250. The van der Waals surface area contributed by atoms with Crippen molar-refractivity contribution in [2.45, 2.75) is 6.54 Å². The maximum Gasteiger partial charge on any atom is 0.241 e. The number of aromatic nitrogens is 2. The fourth-order valence-electron chi connectivity index (χ4n) is 2.36. The summed E-state index contributed by atoms with van der Waals surface area (Å²) < 4.78 is 29.4. The summed E-state index contributed by atoms with van der Waals surface area (Å²) >= 11 is 0. The lowest BCUT2D eigenvalue weighted by Gasteiger charge is -2.14. The average Bonchev–Trinajstić information content (AvgIpc) is 3.12. The molecule has 1 aromatic heterocycles. The van der Waals surface area contributed by atoms with E-state index < -0.39 is 0 Å². The third-order valence-electron chi connectivity index (χ3n) is 3.79. The van der Waals surface area contributed by atoms with Gasteiger partial charge in [0.15, 0.2) is 11.6 Å². The van der Waals surface area contributed by atoms with Crippen molar-refractivity contribution in [2.75, 3.05) is 27.3 Å². The van der Waals surface area contributed by atoms with Gasteiger partial charge < -0.3 is 14.0 Å². The summed E-state index contributed by atoms with van der Waals surface area (Å²) in [5.74, 6) is 1.69. The summed E-state index contributed by atoms with van der Waals surface area (Å²) in [5, 5.41) is 4.00. The number of rotatable bonds is 8. The van der Waals surface area contributed by atoms with Gasteiger partial charge in [0.05, 0.1) is 13.7 Å². The van der Waals surface area contributed by atoms with E-state index in [4.69, 9.17) is 14.0 Å². The molecule has 0 radical (unpaired) electrons. The summed E-state index contributed by atoms with van der Waals surface area (Å²) in [5.41, 5.74) is 0.853. The first-order chi connectivity index (χ1) is 12.7. The second kappa shape index (κ2) is 8.44. The molecule has 26 heavy (non-hydrogen) atoms. The first kappa shape index (κ1) is 17.9. The van der Waals surface area contributed by atoms with E-state index in [0.717, 1.165) is 11.3 Å². The molecule has 136 valence electrons. The Balaban J connectivity index is 1.51. The number of ether oxygens (including phenoxy) is 2. The molecule has 0 spiro atoms. The van der Waals surface area contributed by atoms with Crippen molar-refractivity contribution < 1.29 is 18.4 Å². The van der Waals surface area contributed by atoms with Crippen LogP contribution in [0, 0.1) is 5.82 Å². The van der Waals surface area contributed by atoms with E-state index in [2.05, 4.69) is 10.1 Å². The van der Waals surface area contributed by atoms with Crippen LogP contribution in [0.5, 0.6) is 11.5 Å². The van der Waals surface area contributed by atoms with E-state index in [0.29, 0.717) is 31.4 Å². The van der Waals surface area contributed by atoms with Crippen LogP contribution in [0.1, 0.15) is 5.89 Å². The predicted molar refractivity (Wildman–Crippen MR) is 94.5 cm³/mol. The van der Waals surface area contributed by atoms with Gasteiger partial charge in [0, 0.05) is 12.1 Å². The predicted octanol–water partition coefficient (Wildman–Crippen LogP) is 3.40. The monoisotopic (exact) mass is 357 g/mol. The second-order valence-corrected chi connectivity index (χ2v) is 5.76. The molecule has 7 heteroatoms. The Labute approximate surface area is 151 Å². The zero-order chi connectivity index (χ0) is 18.4. The Morgan fingerprint density at radius 1 is 1.12 bits per heavy atom. The molecular formula is C19H20FN3O3. The van der Waals surface area contributed by atoms with Gasteiger partial charge in [-0.25, -0.2) is 4.39 Å². The molecule has 0 aliphatic carbocycles. The van der Waals surface area contributed by atoms with Crippen LogP contribution in [0.25, 0.3) is 11.4 Å². The van der Waals surface area contributed by atoms with Crippen LogP contribution in [0.15, 0.2) is 53.1 Å². The van der Waals surface area contributed by atoms with Crippen LogP contribution in [0.3, 0.4) is 0 Å². The van der Waals surface area contributed by atoms with Crippen LogP contribution in [-0.2, 0) is 6.54 Å². The second-order valence-electron chi connectivity index (χ2n) is 5.76. The van der Waals surface area contributed by atoms with Gasteiger partial charge in [-0.05, 0) is 43.4 Å². The smallest absolute Gasteiger partial charge is 0.241 e. The van der Waals surface area contributed by atoms with Crippen LogP contribution in [-0.4, -0.2) is 42.3 Å². The maximum absolute atomic E-state index is 13.5. The van der Waals surface area contributed by atoms with Crippen LogP contribution in [0.2, 0.25) is 0 Å². The molecule has 0 unspecified atom stereocenters. The number of hydrogen-bond donors (Lipinski definition) is 0. The lowest BCUT2D eigenvalue weighted by atomic mass is 10.2. The lowest BCUT2D eigenvalue weighted by molar-refractivity contribution is 0.208. The first-order valence-electron chi connectivity index (χ1n) is 8.18. The van der Waals surface area contributed by atoms with Gasteiger partial charge in [-0.3, -0.25) is 4.90 Å². The Morgan fingerprint density at radius 2 is 1.88 bits per heavy atom. The average molecular weight is 357 g/mol. The number of methoxy groups -OCH3 is 1. The van der Waals surface area contributed by atoms with Crippen molar-refractivity contribution >= 4 is 0 Å². The van der Waals surface area contributed by atoms with Gasteiger partial charge in [0.25, 0.3) is 0 Å². The number of hydrogen-bond acceptors (Lipinski definition) is 6. The molecule has 0 atom stereocenters. The standard InChI is InChI=1S/C19H20FN3O3/c1-23(11-12-25-17-6-4-3-5-16(17)20)13-18-21-19(22-26-18)14-7-9-15(24-2)10-8-14/h3-10H,11-13H2,1-2H3. The lowest BCUT2D eigenvalue weighted by Crippen LogP contribution is -2.24. The van der Waals surface area contributed by atoms with Crippen molar-refractivity contribution in [1.29, 1.82) is 0 Å². The Kier molecular flexibility index (Phi) is 5.80. The topological polar surface area (TPSA) is 60.6 Å². The molecule has 3 rings (SSSR count). The number of halogens is 1. The largest absolute Gasteiger partial charge is 0.497 e. The molecular weight excluding hydrogens is 337 g/mol. The quantitative estimate of drug-likeness (QED) is 0.616. The molecule has 2 aromatic carbocycles. The van der Waals surface area contributed by atoms with Gasteiger partial charge in [-0.1, -0.05) is 17.3 Å². The van der Waals surface area contributed by atoms with Gasteiger partial charge in [-0.2, -0.15) is 4.98 Å². The van der Waals surface area contributed by atoms with Gasteiger partial charge in [0.1, 0.15) is 12.4 Å². The Morgan fingerprint density at radius 3 is 2.62 bits per heavy atom. The zero-order valence-corrected chi connectivity index (χ0v) is 14.7. The minimum atomic E-state index is -0.365. The van der Waals surface area contributed by atoms with Crippen LogP contribution in [0.4, 0.5) is 4.39 Å². The third-order valence-corrected chi connectivity index (χ3v) is 3.79. The Hall–Kier alpha value is -2.93. The Bertz CT molecular complexity index is 836. The van der Waals surface area contributed by atoms with Crippen LogP contribution >= 0.6 is 0 Å². The highest BCUT2D eigenvalue weighted by Gasteiger charge is 2.11. The fraction of sp³-hybridized carbons (Fsp3) is 0.263. The number of para-hydroxylation sites is 1. The highest BCUT2D eigenvalue weighted by molar-refractivity contribution is 5.55. The number of benzene rings is 2. The molecule has 1 heterocycles. The molecule has 0 fully saturated rings. The number of likely N-dealkylation sites (N-methyl/N-ethyl adjacent to an activating group) is 1. The van der Waals surface area contributed by atoms with Crippen molar-refractivity contribution in [3.63, 3.8) is 0 Å². The van der Waals surface area contributed by atoms with Crippen molar-refractivity contribution in [3.8, 4) is 22.9 Å². The molecule has 0 amide bonds. The number of nitrogens with zero attached hydrogens (tertiary/aromatic N) is 3. The van der Waals surface area contributed by atoms with Gasteiger partial charge in [-0.15, -0.1) is 0 Å². The molecule has 0 aliphatic rings. The van der Waals surface area contributed by atoms with E-state index in [9.17, 15) is 4.39 Å². The zero-order valence-electron chi connectivity index (χ0n) is 14.7. The van der Waals surface area contributed by atoms with Gasteiger partial charge in [0.2, 0.25) is 11.7 Å². The van der Waals surface area contributed by atoms with E-state index in [-0.39, 0.29) is 11.6 Å². The van der Waals surface area contributed by atoms with Crippen LogP contribution < -0.4 is 9.47 Å². The molecule has 6 nitrogen and oxygen atoms in total. The molecule has 0 N–H and O–H groups in total. The van der Waals surface area contributed by atoms with E-state index in [1.807, 2.05) is 36.2 Å².